The topological polar surface area (TPSA) is 28.6 Å². The normalized spacial score (nSPS) is 19.4. The Kier molecular flexibility index (Phi) is 5.11. The van der Waals surface area contributed by atoms with Crippen LogP contribution in [-0.4, -0.2) is 54.1 Å². The largest absolute Gasteiger partial charge is 0.491 e. The summed E-state index contributed by atoms with van der Waals surface area (Å²) in [5.74, 6) is 1.59. The van der Waals surface area contributed by atoms with Gasteiger partial charge in [0, 0.05) is 38.1 Å². The van der Waals surface area contributed by atoms with Crippen molar-refractivity contribution in [1.29, 1.82) is 0 Å². The Bertz CT molecular complexity index is 739. The first kappa shape index (κ1) is 17.1. The van der Waals surface area contributed by atoms with Crippen LogP contribution >= 0.6 is 11.6 Å². The summed E-state index contributed by atoms with van der Waals surface area (Å²) in [5, 5.41) is 1.72. The van der Waals surface area contributed by atoms with Gasteiger partial charge in [-0.25, -0.2) is 4.98 Å². The summed E-state index contributed by atoms with van der Waals surface area (Å²) in [7, 11) is 0. The maximum atomic E-state index is 6.37. The molecule has 0 unspecified atom stereocenters. The maximum absolute atomic E-state index is 6.37. The second-order valence-electron chi connectivity index (χ2n) is 7.21. The fourth-order valence-electron chi connectivity index (χ4n) is 3.39. The summed E-state index contributed by atoms with van der Waals surface area (Å²) in [5.41, 5.74) is 1.99. The third kappa shape index (κ3) is 4.08. The van der Waals surface area contributed by atoms with Gasteiger partial charge in [-0.2, -0.15) is 0 Å². The number of benzene rings is 1. The number of halogens is 1. The lowest BCUT2D eigenvalue weighted by Gasteiger charge is -2.33. The predicted octanol–water partition coefficient (Wildman–Crippen LogP) is 3.81. The number of ether oxygens (including phenoxy) is 1. The second kappa shape index (κ2) is 7.48. The lowest BCUT2D eigenvalue weighted by molar-refractivity contribution is 0.131. The van der Waals surface area contributed by atoms with Gasteiger partial charge in [0.25, 0.3) is 0 Å². The number of fused-ring (bicyclic) bond motifs is 1. The van der Waals surface area contributed by atoms with Crippen molar-refractivity contribution in [3.8, 4) is 5.75 Å². The highest BCUT2D eigenvalue weighted by Crippen LogP contribution is 2.33. The number of rotatable bonds is 6. The molecule has 0 radical (unpaired) electrons. The minimum Gasteiger partial charge on any atom is -0.491 e. The molecule has 0 atom stereocenters. The Hall–Kier alpha value is -1.36. The van der Waals surface area contributed by atoms with E-state index in [-0.39, 0.29) is 0 Å². The standard InChI is InChI=1S/C20H26ClN3O/c1-2-23-9-11-24(12-10-23)13-16-5-6-17-18(21)7-8-19(20(17)22-16)25-14-15-3-4-15/h5-8,15H,2-4,9-14H2,1H3. The second-order valence-corrected chi connectivity index (χ2v) is 7.62. The van der Waals surface area contributed by atoms with Crippen LogP contribution in [0, 0.1) is 5.92 Å². The van der Waals surface area contributed by atoms with Gasteiger partial charge in [-0.05, 0) is 49.6 Å². The van der Waals surface area contributed by atoms with Gasteiger partial charge in [0.2, 0.25) is 0 Å². The van der Waals surface area contributed by atoms with Crippen LogP contribution in [0.2, 0.25) is 5.02 Å². The average molecular weight is 360 g/mol. The SMILES string of the molecule is CCN1CCN(Cc2ccc3c(Cl)ccc(OCC4CC4)c3n2)CC1. The Morgan fingerprint density at radius 2 is 1.84 bits per heavy atom. The lowest BCUT2D eigenvalue weighted by Crippen LogP contribution is -2.45. The highest BCUT2D eigenvalue weighted by Gasteiger charge is 2.23. The predicted molar refractivity (Wildman–Crippen MR) is 102 cm³/mol. The molecule has 1 aliphatic carbocycles. The van der Waals surface area contributed by atoms with E-state index in [9.17, 15) is 0 Å². The number of nitrogens with zero attached hydrogens (tertiary/aromatic N) is 3. The van der Waals surface area contributed by atoms with E-state index >= 15 is 0 Å². The van der Waals surface area contributed by atoms with E-state index in [1.54, 1.807) is 0 Å². The summed E-state index contributed by atoms with van der Waals surface area (Å²) in [6, 6.07) is 8.07. The highest BCUT2D eigenvalue weighted by atomic mass is 35.5. The first-order valence-electron chi connectivity index (χ1n) is 9.38. The minimum absolute atomic E-state index is 0.726. The Morgan fingerprint density at radius 3 is 2.56 bits per heavy atom. The van der Waals surface area contributed by atoms with Crippen LogP contribution in [0.3, 0.4) is 0 Å². The molecule has 1 aromatic heterocycles. The fraction of sp³-hybridized carbons (Fsp3) is 0.550. The van der Waals surface area contributed by atoms with Crippen LogP contribution in [0.4, 0.5) is 0 Å². The zero-order chi connectivity index (χ0) is 17.2. The van der Waals surface area contributed by atoms with Gasteiger partial charge in [-0.1, -0.05) is 18.5 Å². The molecule has 1 aromatic carbocycles. The van der Waals surface area contributed by atoms with Crippen LogP contribution in [0.1, 0.15) is 25.5 Å². The molecule has 5 heteroatoms. The average Bonchev–Trinajstić information content (AvgIpc) is 3.46. The Morgan fingerprint density at radius 1 is 1.08 bits per heavy atom. The van der Waals surface area contributed by atoms with E-state index in [0.717, 1.165) is 79.2 Å². The molecule has 0 N–H and O–H groups in total. The molecule has 2 aliphatic rings. The van der Waals surface area contributed by atoms with Gasteiger partial charge < -0.3 is 9.64 Å². The molecule has 134 valence electrons. The van der Waals surface area contributed by atoms with Gasteiger partial charge in [-0.3, -0.25) is 4.90 Å². The van der Waals surface area contributed by atoms with Crippen molar-refractivity contribution < 1.29 is 4.74 Å². The van der Waals surface area contributed by atoms with Gasteiger partial charge in [-0.15, -0.1) is 0 Å². The first-order valence-corrected chi connectivity index (χ1v) is 9.76. The number of pyridine rings is 1. The van der Waals surface area contributed by atoms with Crippen molar-refractivity contribution in [1.82, 2.24) is 14.8 Å². The Labute approximate surface area is 154 Å². The quantitative estimate of drug-likeness (QED) is 0.784. The van der Waals surface area contributed by atoms with Crippen LogP contribution in [0.25, 0.3) is 10.9 Å². The third-order valence-corrected chi connectivity index (χ3v) is 5.62. The molecule has 1 saturated carbocycles. The number of hydrogen-bond acceptors (Lipinski definition) is 4. The van der Waals surface area contributed by atoms with Crippen molar-refractivity contribution in [2.24, 2.45) is 5.92 Å². The highest BCUT2D eigenvalue weighted by molar-refractivity contribution is 6.35. The monoisotopic (exact) mass is 359 g/mol. The number of likely N-dealkylation sites (N-methyl/N-ethyl adjacent to an activating group) is 1. The molecule has 0 amide bonds. The maximum Gasteiger partial charge on any atom is 0.145 e. The van der Waals surface area contributed by atoms with Crippen molar-refractivity contribution in [3.05, 3.63) is 35.0 Å². The van der Waals surface area contributed by atoms with Gasteiger partial charge >= 0.3 is 0 Å². The van der Waals surface area contributed by atoms with Crippen molar-refractivity contribution in [2.45, 2.75) is 26.3 Å². The number of hydrogen-bond donors (Lipinski definition) is 0. The zero-order valence-corrected chi connectivity index (χ0v) is 15.6. The van der Waals surface area contributed by atoms with Gasteiger partial charge in [0.15, 0.2) is 0 Å². The molecule has 1 saturated heterocycles. The number of aromatic nitrogens is 1. The van der Waals surface area contributed by atoms with Crippen molar-refractivity contribution >= 4 is 22.5 Å². The van der Waals surface area contributed by atoms with E-state index in [4.69, 9.17) is 21.3 Å². The van der Waals surface area contributed by atoms with E-state index in [2.05, 4.69) is 28.9 Å². The van der Waals surface area contributed by atoms with Gasteiger partial charge in [0.1, 0.15) is 11.3 Å². The molecule has 0 spiro atoms. The van der Waals surface area contributed by atoms with Crippen LogP contribution in [0.5, 0.6) is 5.75 Å². The van der Waals surface area contributed by atoms with Crippen molar-refractivity contribution in [3.63, 3.8) is 0 Å². The molecule has 25 heavy (non-hydrogen) atoms. The lowest BCUT2D eigenvalue weighted by atomic mass is 10.1. The summed E-state index contributed by atoms with van der Waals surface area (Å²) in [4.78, 5) is 9.88. The van der Waals surface area contributed by atoms with Crippen LogP contribution < -0.4 is 4.74 Å². The van der Waals surface area contributed by atoms with Crippen molar-refractivity contribution in [2.75, 3.05) is 39.3 Å². The van der Waals surface area contributed by atoms with Crippen LogP contribution in [0.15, 0.2) is 24.3 Å². The molecule has 4 nitrogen and oxygen atoms in total. The van der Waals surface area contributed by atoms with E-state index in [1.807, 2.05) is 12.1 Å². The summed E-state index contributed by atoms with van der Waals surface area (Å²) in [6.45, 7) is 9.55. The summed E-state index contributed by atoms with van der Waals surface area (Å²) >= 11 is 6.37. The molecule has 2 fully saturated rings. The van der Waals surface area contributed by atoms with Gasteiger partial charge in [0.05, 0.1) is 17.3 Å². The number of piperazine rings is 1. The molecule has 0 bridgehead atoms. The molecule has 4 rings (SSSR count). The van der Waals surface area contributed by atoms with E-state index in [0.29, 0.717) is 0 Å². The van der Waals surface area contributed by atoms with E-state index in [1.165, 1.54) is 12.8 Å². The third-order valence-electron chi connectivity index (χ3n) is 5.29. The minimum atomic E-state index is 0.726. The van der Waals surface area contributed by atoms with E-state index < -0.39 is 0 Å². The summed E-state index contributed by atoms with van der Waals surface area (Å²) < 4.78 is 6.03. The molecule has 2 aromatic rings. The zero-order valence-electron chi connectivity index (χ0n) is 14.9. The smallest absolute Gasteiger partial charge is 0.145 e. The molecule has 1 aliphatic heterocycles. The Balaban J connectivity index is 1.52. The fourth-order valence-corrected chi connectivity index (χ4v) is 3.60. The molecule has 2 heterocycles. The first-order chi connectivity index (χ1) is 12.2. The van der Waals surface area contributed by atoms with Crippen LogP contribution in [-0.2, 0) is 6.54 Å². The molecular formula is C20H26ClN3O. The summed E-state index contributed by atoms with van der Waals surface area (Å²) in [6.07, 6.45) is 2.57. The molecular weight excluding hydrogens is 334 g/mol.